The molecule has 1 aliphatic rings. The number of nitrogens with zero attached hydrogens (tertiary/aromatic N) is 3. The lowest BCUT2D eigenvalue weighted by molar-refractivity contribution is -0.121. The van der Waals surface area contributed by atoms with Gasteiger partial charge in [-0.2, -0.15) is 10.4 Å². The Bertz CT molecular complexity index is 488. The van der Waals surface area contributed by atoms with Gasteiger partial charge in [0.15, 0.2) is 0 Å². The van der Waals surface area contributed by atoms with E-state index in [-0.39, 0.29) is 18.5 Å². The standard InChI is InChI=1S/C14H21N5O/c1-11(9-19-7-3-6-17-19)16-8-13(20)18-14(2,10-15)12-4-5-12/h3,6-7,11-12,16H,4-5,8-9H2,1-2H3,(H,18,20)/t11-,14+/m0/s1. The molecule has 0 radical (unpaired) electrons. The van der Waals surface area contributed by atoms with Crippen LogP contribution >= 0.6 is 0 Å². The molecule has 108 valence electrons. The van der Waals surface area contributed by atoms with E-state index in [0.717, 1.165) is 12.8 Å². The monoisotopic (exact) mass is 275 g/mol. The van der Waals surface area contributed by atoms with Crippen molar-refractivity contribution in [1.82, 2.24) is 20.4 Å². The topological polar surface area (TPSA) is 82.7 Å². The molecule has 0 bridgehead atoms. The van der Waals surface area contributed by atoms with Crippen LogP contribution in [0.3, 0.4) is 0 Å². The van der Waals surface area contributed by atoms with E-state index in [2.05, 4.69) is 21.8 Å². The summed E-state index contributed by atoms with van der Waals surface area (Å²) in [6.07, 6.45) is 5.66. The zero-order valence-corrected chi connectivity index (χ0v) is 12.0. The van der Waals surface area contributed by atoms with Gasteiger partial charge in [-0.1, -0.05) is 0 Å². The number of aromatic nitrogens is 2. The Hall–Kier alpha value is -1.87. The third kappa shape index (κ3) is 3.81. The highest BCUT2D eigenvalue weighted by atomic mass is 16.2. The summed E-state index contributed by atoms with van der Waals surface area (Å²) in [4.78, 5) is 11.9. The van der Waals surface area contributed by atoms with Crippen LogP contribution in [0, 0.1) is 17.2 Å². The molecule has 20 heavy (non-hydrogen) atoms. The fourth-order valence-corrected chi connectivity index (χ4v) is 2.24. The van der Waals surface area contributed by atoms with Crippen LogP contribution in [0.5, 0.6) is 0 Å². The first-order valence-electron chi connectivity index (χ1n) is 6.96. The predicted octanol–water partition coefficient (Wildman–Crippen LogP) is 0.670. The first-order chi connectivity index (χ1) is 9.53. The van der Waals surface area contributed by atoms with E-state index in [1.807, 2.05) is 23.9 Å². The SMILES string of the molecule is C[C@@H](Cn1cccn1)NCC(=O)N[C@](C)(C#N)C1CC1. The van der Waals surface area contributed by atoms with Gasteiger partial charge in [-0.15, -0.1) is 0 Å². The molecular formula is C14H21N5O. The number of carbonyl (C=O) groups is 1. The number of carbonyl (C=O) groups excluding carboxylic acids is 1. The van der Waals surface area contributed by atoms with Gasteiger partial charge in [0, 0.05) is 18.4 Å². The summed E-state index contributed by atoms with van der Waals surface area (Å²) in [5.41, 5.74) is -0.718. The van der Waals surface area contributed by atoms with Gasteiger partial charge in [-0.05, 0) is 38.7 Å². The van der Waals surface area contributed by atoms with Gasteiger partial charge >= 0.3 is 0 Å². The maximum Gasteiger partial charge on any atom is 0.235 e. The number of hydrogen-bond acceptors (Lipinski definition) is 4. The van der Waals surface area contributed by atoms with Crippen molar-refractivity contribution in [3.05, 3.63) is 18.5 Å². The van der Waals surface area contributed by atoms with Crippen molar-refractivity contribution in [3.63, 3.8) is 0 Å². The van der Waals surface area contributed by atoms with Gasteiger partial charge in [0.25, 0.3) is 0 Å². The van der Waals surface area contributed by atoms with Crippen molar-refractivity contribution in [3.8, 4) is 6.07 Å². The summed E-state index contributed by atoms with van der Waals surface area (Å²) in [5, 5.41) is 19.3. The molecule has 6 heteroatoms. The number of hydrogen-bond donors (Lipinski definition) is 2. The zero-order valence-electron chi connectivity index (χ0n) is 12.0. The summed E-state index contributed by atoms with van der Waals surface area (Å²) in [5.74, 6) is 0.172. The van der Waals surface area contributed by atoms with Crippen LogP contribution in [0.25, 0.3) is 0 Å². The van der Waals surface area contributed by atoms with Gasteiger partial charge in [0.2, 0.25) is 5.91 Å². The first-order valence-corrected chi connectivity index (χ1v) is 6.96. The Kier molecular flexibility index (Phi) is 4.40. The van der Waals surface area contributed by atoms with Gasteiger partial charge in [-0.25, -0.2) is 0 Å². The highest BCUT2D eigenvalue weighted by Crippen LogP contribution is 2.39. The molecule has 1 saturated carbocycles. The molecule has 1 aliphatic carbocycles. The smallest absolute Gasteiger partial charge is 0.235 e. The summed E-state index contributed by atoms with van der Waals surface area (Å²) >= 11 is 0. The summed E-state index contributed by atoms with van der Waals surface area (Å²) in [6.45, 7) is 4.72. The van der Waals surface area contributed by atoms with E-state index in [0.29, 0.717) is 12.5 Å². The molecule has 0 aliphatic heterocycles. The van der Waals surface area contributed by atoms with Gasteiger partial charge in [0.1, 0.15) is 5.54 Å². The van der Waals surface area contributed by atoms with Crippen LogP contribution in [0.15, 0.2) is 18.5 Å². The Morgan fingerprint density at radius 3 is 2.95 bits per heavy atom. The van der Waals surface area contributed by atoms with Crippen molar-refractivity contribution in [2.24, 2.45) is 5.92 Å². The molecule has 1 heterocycles. The highest BCUT2D eigenvalue weighted by molar-refractivity contribution is 5.79. The molecule has 0 spiro atoms. The molecule has 0 aromatic carbocycles. The molecule has 6 nitrogen and oxygen atoms in total. The summed E-state index contributed by atoms with van der Waals surface area (Å²) in [6, 6.07) is 4.22. The number of nitrogens with one attached hydrogen (secondary N) is 2. The molecule has 0 unspecified atom stereocenters. The van der Waals surface area contributed by atoms with Gasteiger partial charge < -0.3 is 10.6 Å². The van der Waals surface area contributed by atoms with E-state index < -0.39 is 5.54 Å². The minimum atomic E-state index is -0.718. The molecule has 2 atom stereocenters. The lowest BCUT2D eigenvalue weighted by atomic mass is 9.98. The third-order valence-electron chi connectivity index (χ3n) is 3.66. The van der Waals surface area contributed by atoms with Crippen molar-refractivity contribution >= 4 is 5.91 Å². The van der Waals surface area contributed by atoms with Crippen LogP contribution in [0.1, 0.15) is 26.7 Å². The molecule has 1 aromatic heterocycles. The molecule has 0 saturated heterocycles. The Morgan fingerprint density at radius 2 is 2.40 bits per heavy atom. The first kappa shape index (κ1) is 14.5. The molecule has 2 N–H and O–H groups in total. The van der Waals surface area contributed by atoms with Gasteiger partial charge in [0.05, 0.1) is 19.2 Å². The highest BCUT2D eigenvalue weighted by Gasteiger charge is 2.42. The second kappa shape index (κ2) is 6.06. The second-order valence-corrected chi connectivity index (χ2v) is 5.65. The van der Waals surface area contributed by atoms with Crippen LogP contribution < -0.4 is 10.6 Å². The molecule has 2 rings (SSSR count). The quantitative estimate of drug-likeness (QED) is 0.766. The van der Waals surface area contributed by atoms with E-state index >= 15 is 0 Å². The number of rotatable bonds is 7. The van der Waals surface area contributed by atoms with Crippen LogP contribution in [-0.4, -0.2) is 33.8 Å². The van der Waals surface area contributed by atoms with E-state index in [1.165, 1.54) is 0 Å². The predicted molar refractivity (Wildman–Crippen MR) is 74.6 cm³/mol. The number of nitriles is 1. The largest absolute Gasteiger partial charge is 0.337 e. The normalized spacial score (nSPS) is 18.9. The van der Waals surface area contributed by atoms with Crippen LogP contribution in [0.4, 0.5) is 0 Å². The van der Waals surface area contributed by atoms with Crippen LogP contribution in [0.2, 0.25) is 0 Å². The van der Waals surface area contributed by atoms with Crippen molar-refractivity contribution in [2.75, 3.05) is 6.54 Å². The maximum atomic E-state index is 11.9. The molecular weight excluding hydrogens is 254 g/mol. The molecule has 1 fully saturated rings. The Balaban J connectivity index is 1.73. The van der Waals surface area contributed by atoms with Crippen LogP contribution in [-0.2, 0) is 11.3 Å². The number of amides is 1. The second-order valence-electron chi connectivity index (χ2n) is 5.65. The van der Waals surface area contributed by atoms with Crippen molar-refractivity contribution < 1.29 is 4.79 Å². The average Bonchev–Trinajstić information content (AvgIpc) is 3.17. The summed E-state index contributed by atoms with van der Waals surface area (Å²) in [7, 11) is 0. The van der Waals surface area contributed by atoms with Gasteiger partial charge in [-0.3, -0.25) is 9.48 Å². The summed E-state index contributed by atoms with van der Waals surface area (Å²) < 4.78 is 1.82. The lowest BCUT2D eigenvalue weighted by Crippen LogP contribution is -2.50. The minimum absolute atomic E-state index is 0.131. The average molecular weight is 275 g/mol. The van der Waals surface area contributed by atoms with E-state index in [1.54, 1.807) is 13.1 Å². The third-order valence-corrected chi connectivity index (χ3v) is 3.66. The van der Waals surface area contributed by atoms with Crippen molar-refractivity contribution in [2.45, 2.75) is 44.8 Å². The Morgan fingerprint density at radius 1 is 1.65 bits per heavy atom. The Labute approximate surface area is 119 Å². The lowest BCUT2D eigenvalue weighted by Gasteiger charge is -2.23. The minimum Gasteiger partial charge on any atom is -0.337 e. The fraction of sp³-hybridized carbons (Fsp3) is 0.643. The fourth-order valence-electron chi connectivity index (χ4n) is 2.24. The molecule has 1 aromatic rings. The zero-order chi connectivity index (χ0) is 14.6. The van der Waals surface area contributed by atoms with E-state index in [9.17, 15) is 10.1 Å². The van der Waals surface area contributed by atoms with E-state index in [4.69, 9.17) is 0 Å². The maximum absolute atomic E-state index is 11.9. The molecule has 1 amide bonds. The van der Waals surface area contributed by atoms with Crippen molar-refractivity contribution in [1.29, 1.82) is 5.26 Å².